The number of methoxy groups -OCH3 is 1. The van der Waals surface area contributed by atoms with Crippen molar-refractivity contribution in [2.75, 3.05) is 59.5 Å². The van der Waals surface area contributed by atoms with Gasteiger partial charge in [0.1, 0.15) is 0 Å². The maximum absolute atomic E-state index is 13.5. The van der Waals surface area contributed by atoms with Crippen LogP contribution >= 0.6 is 11.3 Å². The van der Waals surface area contributed by atoms with Crippen molar-refractivity contribution >= 4 is 23.2 Å². The third kappa shape index (κ3) is 3.31. The molecule has 3 fully saturated rings. The fourth-order valence-corrected chi connectivity index (χ4v) is 6.74. The number of nitrogens with zero attached hydrogens (tertiary/aromatic N) is 3. The molecular formula is C22H33N3O3S. The van der Waals surface area contributed by atoms with Crippen LogP contribution in [0.15, 0.2) is 11.4 Å². The zero-order valence-electron chi connectivity index (χ0n) is 17.9. The zero-order chi connectivity index (χ0) is 20.6. The van der Waals surface area contributed by atoms with Gasteiger partial charge < -0.3 is 14.5 Å². The SMILES string of the molecule is CCN1CCC2(CN(CCOC)CC23CCN(C(=O)c2sccc2C)CC3)C1=O. The molecule has 160 valence electrons. The van der Waals surface area contributed by atoms with Crippen LogP contribution in [0.25, 0.3) is 0 Å². The molecule has 0 N–H and O–H groups in total. The highest BCUT2D eigenvalue weighted by molar-refractivity contribution is 7.12. The van der Waals surface area contributed by atoms with Crippen molar-refractivity contribution < 1.29 is 14.3 Å². The number of piperidine rings is 1. The number of fused-ring (bicyclic) bond motifs is 1. The van der Waals surface area contributed by atoms with Gasteiger partial charge in [-0.25, -0.2) is 0 Å². The van der Waals surface area contributed by atoms with Crippen LogP contribution in [0.3, 0.4) is 0 Å². The lowest BCUT2D eigenvalue weighted by Crippen LogP contribution is -2.53. The minimum Gasteiger partial charge on any atom is -0.383 e. The van der Waals surface area contributed by atoms with Crippen LogP contribution in [-0.4, -0.2) is 86.0 Å². The summed E-state index contributed by atoms with van der Waals surface area (Å²) >= 11 is 1.53. The van der Waals surface area contributed by atoms with Crippen molar-refractivity contribution in [1.29, 1.82) is 0 Å². The van der Waals surface area contributed by atoms with E-state index in [9.17, 15) is 9.59 Å². The highest BCUT2D eigenvalue weighted by Crippen LogP contribution is 2.57. The predicted octanol–water partition coefficient (Wildman–Crippen LogP) is 2.48. The standard InChI is InChI=1S/C22H33N3O3S/c1-4-24-11-8-22(20(24)27)16-23(12-13-28-3)15-21(22)6-9-25(10-7-21)19(26)18-17(2)5-14-29-18/h5,14H,4,6-13,15-16H2,1-3H3. The van der Waals surface area contributed by atoms with Crippen LogP contribution in [0.2, 0.25) is 0 Å². The summed E-state index contributed by atoms with van der Waals surface area (Å²) in [5.74, 6) is 0.498. The first kappa shape index (κ1) is 20.8. The van der Waals surface area contributed by atoms with Crippen LogP contribution in [0.1, 0.15) is 41.4 Å². The van der Waals surface area contributed by atoms with Gasteiger partial charge in [0.2, 0.25) is 5.91 Å². The number of aryl methyl sites for hydroxylation is 1. The van der Waals surface area contributed by atoms with E-state index in [0.29, 0.717) is 12.5 Å². The summed E-state index contributed by atoms with van der Waals surface area (Å²) in [6.45, 7) is 10.6. The zero-order valence-corrected chi connectivity index (χ0v) is 18.7. The summed E-state index contributed by atoms with van der Waals surface area (Å²) in [7, 11) is 1.73. The van der Waals surface area contributed by atoms with Gasteiger partial charge in [-0.2, -0.15) is 0 Å². The van der Waals surface area contributed by atoms with E-state index < -0.39 is 0 Å². The van der Waals surface area contributed by atoms with E-state index in [1.54, 1.807) is 7.11 Å². The van der Waals surface area contributed by atoms with Crippen LogP contribution in [0, 0.1) is 17.8 Å². The number of amides is 2. The minimum atomic E-state index is -0.287. The molecule has 1 atom stereocenters. The Morgan fingerprint density at radius 1 is 1.21 bits per heavy atom. The van der Waals surface area contributed by atoms with Crippen molar-refractivity contribution in [2.45, 2.75) is 33.1 Å². The summed E-state index contributed by atoms with van der Waals surface area (Å²) in [5, 5.41) is 1.99. The molecule has 4 rings (SSSR count). The number of ether oxygens (including phenoxy) is 1. The quantitative estimate of drug-likeness (QED) is 0.736. The topological polar surface area (TPSA) is 53.1 Å². The molecule has 3 saturated heterocycles. The Morgan fingerprint density at radius 2 is 1.97 bits per heavy atom. The van der Waals surface area contributed by atoms with E-state index in [1.807, 2.05) is 28.2 Å². The van der Waals surface area contributed by atoms with Crippen LogP contribution in [0.5, 0.6) is 0 Å². The number of hydrogen-bond donors (Lipinski definition) is 0. The number of likely N-dealkylation sites (tertiary alicyclic amines) is 3. The summed E-state index contributed by atoms with van der Waals surface area (Å²) in [6.07, 6.45) is 2.77. The fourth-order valence-electron chi connectivity index (χ4n) is 5.85. The van der Waals surface area contributed by atoms with Gasteiger partial charge in [-0.05, 0) is 50.1 Å². The van der Waals surface area contributed by atoms with Gasteiger partial charge in [0.25, 0.3) is 5.91 Å². The number of carbonyl (C=O) groups is 2. The highest BCUT2D eigenvalue weighted by Gasteiger charge is 2.64. The smallest absolute Gasteiger partial charge is 0.264 e. The molecule has 0 bridgehead atoms. The van der Waals surface area contributed by atoms with Crippen LogP contribution in [0.4, 0.5) is 0 Å². The third-order valence-corrected chi connectivity index (χ3v) is 8.60. The van der Waals surface area contributed by atoms with Crippen molar-refractivity contribution in [3.8, 4) is 0 Å². The van der Waals surface area contributed by atoms with E-state index >= 15 is 0 Å². The van der Waals surface area contributed by atoms with Gasteiger partial charge >= 0.3 is 0 Å². The van der Waals surface area contributed by atoms with Crippen molar-refractivity contribution in [3.05, 3.63) is 21.9 Å². The Labute approximate surface area is 177 Å². The van der Waals surface area contributed by atoms with E-state index in [-0.39, 0.29) is 16.7 Å². The van der Waals surface area contributed by atoms with Gasteiger partial charge in [-0.1, -0.05) is 0 Å². The molecule has 6 nitrogen and oxygen atoms in total. The first-order valence-electron chi connectivity index (χ1n) is 10.8. The lowest BCUT2D eigenvalue weighted by molar-refractivity contribution is -0.141. The average Bonchev–Trinajstić information content (AvgIpc) is 3.38. The molecule has 7 heteroatoms. The van der Waals surface area contributed by atoms with Crippen molar-refractivity contribution in [2.24, 2.45) is 10.8 Å². The highest BCUT2D eigenvalue weighted by atomic mass is 32.1. The maximum atomic E-state index is 13.5. The molecule has 1 aromatic rings. The molecule has 0 aromatic carbocycles. The number of hydrogen-bond acceptors (Lipinski definition) is 5. The van der Waals surface area contributed by atoms with E-state index in [4.69, 9.17) is 4.74 Å². The number of carbonyl (C=O) groups excluding carboxylic acids is 2. The molecular weight excluding hydrogens is 386 g/mol. The summed E-state index contributed by atoms with van der Waals surface area (Å²) in [4.78, 5) is 33.8. The van der Waals surface area contributed by atoms with Gasteiger partial charge in [-0.3, -0.25) is 14.5 Å². The molecule has 0 radical (unpaired) electrons. The van der Waals surface area contributed by atoms with E-state index in [0.717, 1.165) is 75.5 Å². The van der Waals surface area contributed by atoms with Crippen molar-refractivity contribution in [1.82, 2.24) is 14.7 Å². The second-order valence-corrected chi connectivity index (χ2v) is 9.84. The summed E-state index contributed by atoms with van der Waals surface area (Å²) in [6, 6.07) is 2.01. The first-order valence-corrected chi connectivity index (χ1v) is 11.7. The Hall–Kier alpha value is -1.44. The number of rotatable bonds is 5. The van der Waals surface area contributed by atoms with Gasteiger partial charge in [-0.15, -0.1) is 11.3 Å². The van der Waals surface area contributed by atoms with Crippen LogP contribution in [-0.2, 0) is 9.53 Å². The molecule has 2 amide bonds. The van der Waals surface area contributed by atoms with Crippen molar-refractivity contribution in [3.63, 3.8) is 0 Å². The predicted molar refractivity (Wildman–Crippen MR) is 114 cm³/mol. The van der Waals surface area contributed by atoms with E-state index in [2.05, 4.69) is 11.8 Å². The average molecular weight is 420 g/mol. The van der Waals surface area contributed by atoms with Gasteiger partial charge in [0.15, 0.2) is 0 Å². The minimum absolute atomic E-state index is 0.0248. The largest absolute Gasteiger partial charge is 0.383 e. The maximum Gasteiger partial charge on any atom is 0.264 e. The molecule has 1 aromatic heterocycles. The monoisotopic (exact) mass is 419 g/mol. The third-order valence-electron chi connectivity index (χ3n) is 7.60. The van der Waals surface area contributed by atoms with Gasteiger partial charge in [0, 0.05) is 58.3 Å². The molecule has 3 aliphatic heterocycles. The number of thiophene rings is 1. The fraction of sp³-hybridized carbons (Fsp3) is 0.727. The normalized spacial score (nSPS) is 26.9. The Morgan fingerprint density at radius 3 is 2.55 bits per heavy atom. The molecule has 2 spiro atoms. The summed E-state index contributed by atoms with van der Waals surface area (Å²) in [5.41, 5.74) is 0.751. The molecule has 29 heavy (non-hydrogen) atoms. The van der Waals surface area contributed by atoms with E-state index in [1.165, 1.54) is 11.3 Å². The summed E-state index contributed by atoms with van der Waals surface area (Å²) < 4.78 is 5.31. The lowest BCUT2D eigenvalue weighted by Gasteiger charge is -2.47. The van der Waals surface area contributed by atoms with Gasteiger partial charge in [0.05, 0.1) is 16.9 Å². The Kier molecular flexibility index (Phi) is 5.75. The second-order valence-electron chi connectivity index (χ2n) is 8.93. The molecule has 1 unspecified atom stereocenters. The lowest BCUT2D eigenvalue weighted by atomic mass is 9.60. The first-order chi connectivity index (χ1) is 14.0. The molecule has 0 saturated carbocycles. The Bertz CT molecular complexity index is 771. The molecule has 3 aliphatic rings. The second kappa shape index (κ2) is 8.00. The molecule has 0 aliphatic carbocycles. The van der Waals surface area contributed by atoms with Crippen LogP contribution < -0.4 is 0 Å². The Balaban J connectivity index is 1.54. The molecule has 4 heterocycles.